The van der Waals surface area contributed by atoms with Gasteiger partial charge in [0.05, 0.1) is 18.3 Å². The van der Waals surface area contributed by atoms with E-state index in [1.54, 1.807) is 18.3 Å². The highest BCUT2D eigenvalue weighted by Crippen LogP contribution is 2.35. The molecule has 8 nitrogen and oxygen atoms in total. The maximum absolute atomic E-state index is 13.6. The number of carbonyl (C=O) groups is 2. The van der Waals surface area contributed by atoms with Crippen molar-refractivity contribution in [3.05, 3.63) is 72.2 Å². The lowest BCUT2D eigenvalue weighted by molar-refractivity contribution is -0.177. The molecule has 0 radical (unpaired) electrons. The Morgan fingerprint density at radius 2 is 1.66 bits per heavy atom. The van der Waals surface area contributed by atoms with Gasteiger partial charge >= 0.3 is 12.1 Å². The van der Waals surface area contributed by atoms with Crippen molar-refractivity contribution in [1.82, 2.24) is 14.9 Å². The van der Waals surface area contributed by atoms with Crippen molar-refractivity contribution in [1.29, 1.82) is 0 Å². The van der Waals surface area contributed by atoms with Crippen molar-refractivity contribution >= 4 is 23.4 Å². The number of carbonyl (C=O) groups excluding carboxylic acids is 2. The minimum absolute atomic E-state index is 0.0852. The lowest BCUT2D eigenvalue weighted by Crippen LogP contribution is -2.40. The minimum atomic E-state index is -4.29. The van der Waals surface area contributed by atoms with E-state index in [0.29, 0.717) is 56.0 Å². The molecular weight excluding hydrogens is 571 g/mol. The second-order valence-electron chi connectivity index (χ2n) is 12.5. The highest BCUT2D eigenvalue weighted by molar-refractivity contribution is 6.03. The fourth-order valence-corrected chi connectivity index (χ4v) is 5.80. The Labute approximate surface area is 255 Å². The van der Waals surface area contributed by atoms with E-state index >= 15 is 0 Å². The van der Waals surface area contributed by atoms with Gasteiger partial charge in [-0.1, -0.05) is 30.3 Å². The number of ether oxygens (including phenoxy) is 1. The quantitative estimate of drug-likeness (QED) is 0.307. The maximum Gasteiger partial charge on any atom is 0.404 e. The molecule has 0 bridgehead atoms. The van der Waals surface area contributed by atoms with Gasteiger partial charge in [-0.15, -0.1) is 0 Å². The van der Waals surface area contributed by atoms with Gasteiger partial charge in [0, 0.05) is 25.3 Å². The fraction of sp³-hybridized carbons (Fsp3) is 0.455. The van der Waals surface area contributed by atoms with Gasteiger partial charge < -0.3 is 15.0 Å². The summed E-state index contributed by atoms with van der Waals surface area (Å²) in [5, 5.41) is 2.86. The van der Waals surface area contributed by atoms with Crippen LogP contribution in [0.4, 0.5) is 24.7 Å². The summed E-state index contributed by atoms with van der Waals surface area (Å²) in [5.74, 6) is -0.208. The van der Waals surface area contributed by atoms with Gasteiger partial charge in [0.25, 0.3) is 5.91 Å². The standard InChI is InChI=1S/C33H38F3N5O3/c1-32(2,3)44-31(43)24-11-14-40(15-12-24)29-20-37-27(19-38-29)30(42)39-26-17-22(16-25(18-26)23-8-5-4-6-9-23)21-41-13-7-10-28(41)33(34,35)36/h4-6,8-9,16-20,24,28H,7,10-15,21H2,1-3H3,(H,39,42)/t28-/m0/s1. The molecule has 1 atom stereocenters. The van der Waals surface area contributed by atoms with Crippen LogP contribution in [0.15, 0.2) is 60.9 Å². The van der Waals surface area contributed by atoms with Crippen molar-refractivity contribution in [2.75, 3.05) is 29.9 Å². The van der Waals surface area contributed by atoms with Crippen LogP contribution in [0.3, 0.4) is 0 Å². The van der Waals surface area contributed by atoms with Crippen molar-refractivity contribution in [3.63, 3.8) is 0 Å². The highest BCUT2D eigenvalue weighted by Gasteiger charge is 2.45. The molecule has 5 rings (SSSR count). The lowest BCUT2D eigenvalue weighted by atomic mass is 9.96. The van der Waals surface area contributed by atoms with Crippen LogP contribution in [0.25, 0.3) is 11.1 Å². The third-order valence-electron chi connectivity index (χ3n) is 7.91. The van der Waals surface area contributed by atoms with E-state index in [2.05, 4.69) is 15.3 Å². The van der Waals surface area contributed by atoms with Crippen LogP contribution in [-0.4, -0.2) is 64.2 Å². The summed E-state index contributed by atoms with van der Waals surface area (Å²) < 4.78 is 46.4. The number of esters is 1. The number of anilines is 2. The molecule has 2 aliphatic heterocycles. The summed E-state index contributed by atoms with van der Waals surface area (Å²) in [5.41, 5.74) is 2.40. The van der Waals surface area contributed by atoms with Gasteiger partial charge in [0.15, 0.2) is 0 Å². The third kappa shape index (κ3) is 7.93. The van der Waals surface area contributed by atoms with Crippen LogP contribution in [0.5, 0.6) is 0 Å². The Morgan fingerprint density at radius 3 is 2.30 bits per heavy atom. The van der Waals surface area contributed by atoms with Gasteiger partial charge in [-0.05, 0) is 87.9 Å². The van der Waals surface area contributed by atoms with Crippen LogP contribution >= 0.6 is 0 Å². The van der Waals surface area contributed by atoms with Crippen LogP contribution in [0.2, 0.25) is 0 Å². The summed E-state index contributed by atoms with van der Waals surface area (Å²) in [6.07, 6.45) is 0.512. The van der Waals surface area contributed by atoms with E-state index in [1.807, 2.05) is 62.1 Å². The molecule has 2 saturated heterocycles. The van der Waals surface area contributed by atoms with Crippen LogP contribution in [0.1, 0.15) is 62.5 Å². The molecule has 0 spiro atoms. The van der Waals surface area contributed by atoms with E-state index in [1.165, 1.54) is 11.1 Å². The van der Waals surface area contributed by atoms with Gasteiger partial charge in [0.2, 0.25) is 0 Å². The van der Waals surface area contributed by atoms with Gasteiger partial charge in [-0.3, -0.25) is 14.5 Å². The second kappa shape index (κ2) is 12.9. The predicted octanol–water partition coefficient (Wildman–Crippen LogP) is 6.48. The Hall–Kier alpha value is -3.99. The van der Waals surface area contributed by atoms with E-state index < -0.39 is 23.7 Å². The summed E-state index contributed by atoms with van der Waals surface area (Å²) >= 11 is 0. The van der Waals surface area contributed by atoms with Crippen molar-refractivity contribution in [3.8, 4) is 11.1 Å². The normalized spacial score (nSPS) is 18.3. The number of piperidine rings is 1. The number of nitrogens with zero attached hydrogens (tertiary/aromatic N) is 4. The summed E-state index contributed by atoms with van der Waals surface area (Å²) in [7, 11) is 0. The number of benzene rings is 2. The molecule has 0 unspecified atom stereocenters. The number of hydrogen-bond acceptors (Lipinski definition) is 7. The largest absolute Gasteiger partial charge is 0.460 e. The molecule has 0 saturated carbocycles. The van der Waals surface area contributed by atoms with Gasteiger partial charge in [0.1, 0.15) is 23.2 Å². The van der Waals surface area contributed by atoms with E-state index in [0.717, 1.165) is 11.1 Å². The number of amides is 1. The summed E-state index contributed by atoms with van der Waals surface area (Å²) in [6, 6.07) is 13.4. The number of nitrogens with one attached hydrogen (secondary N) is 1. The second-order valence-corrected chi connectivity index (χ2v) is 12.5. The molecule has 44 heavy (non-hydrogen) atoms. The monoisotopic (exact) mass is 609 g/mol. The molecule has 11 heteroatoms. The smallest absolute Gasteiger partial charge is 0.404 e. The number of likely N-dealkylation sites (tertiary alicyclic amines) is 1. The first-order valence-corrected chi connectivity index (χ1v) is 15.0. The Kier molecular flexibility index (Phi) is 9.24. The SMILES string of the molecule is CC(C)(C)OC(=O)C1CCN(c2cnc(C(=O)Nc3cc(CN4CCC[C@H]4C(F)(F)F)cc(-c4ccccc4)c3)cn2)CC1. The molecular formula is C33H38F3N5O3. The summed E-state index contributed by atoms with van der Waals surface area (Å²) in [6.45, 7) is 7.28. The Bertz CT molecular complexity index is 1450. The molecule has 3 heterocycles. The van der Waals surface area contributed by atoms with Gasteiger partial charge in [-0.2, -0.15) is 13.2 Å². The average Bonchev–Trinajstić information content (AvgIpc) is 3.46. The number of alkyl halides is 3. The van der Waals surface area contributed by atoms with E-state index in [-0.39, 0.29) is 30.5 Å². The minimum Gasteiger partial charge on any atom is -0.460 e. The van der Waals surface area contributed by atoms with Crippen LogP contribution < -0.4 is 10.2 Å². The zero-order valence-electron chi connectivity index (χ0n) is 25.2. The molecule has 2 aromatic carbocycles. The number of rotatable bonds is 7. The Balaban J connectivity index is 1.27. The zero-order chi connectivity index (χ0) is 31.5. The first kappa shape index (κ1) is 31.4. The van der Waals surface area contributed by atoms with Crippen molar-refractivity contribution in [2.24, 2.45) is 5.92 Å². The van der Waals surface area contributed by atoms with Crippen LogP contribution in [-0.2, 0) is 16.1 Å². The topological polar surface area (TPSA) is 87.7 Å². The molecule has 1 N–H and O–H groups in total. The molecule has 1 amide bonds. The molecule has 3 aromatic rings. The van der Waals surface area contributed by atoms with Gasteiger partial charge in [-0.25, -0.2) is 9.97 Å². The number of aromatic nitrogens is 2. The molecule has 0 aliphatic carbocycles. The van der Waals surface area contributed by atoms with Crippen molar-refractivity contribution < 1.29 is 27.5 Å². The van der Waals surface area contributed by atoms with E-state index in [4.69, 9.17) is 4.74 Å². The zero-order valence-corrected chi connectivity index (χ0v) is 25.2. The molecule has 1 aromatic heterocycles. The first-order chi connectivity index (χ1) is 20.9. The average molecular weight is 610 g/mol. The first-order valence-electron chi connectivity index (χ1n) is 15.0. The maximum atomic E-state index is 13.6. The lowest BCUT2D eigenvalue weighted by Gasteiger charge is -2.33. The van der Waals surface area contributed by atoms with Crippen molar-refractivity contribution in [2.45, 2.75) is 70.8 Å². The molecule has 2 fully saturated rings. The Morgan fingerprint density at radius 1 is 0.932 bits per heavy atom. The molecule has 234 valence electrons. The number of hydrogen-bond donors (Lipinski definition) is 1. The summed E-state index contributed by atoms with van der Waals surface area (Å²) in [4.78, 5) is 37.9. The van der Waals surface area contributed by atoms with E-state index in [9.17, 15) is 22.8 Å². The number of halogens is 3. The van der Waals surface area contributed by atoms with Crippen LogP contribution in [0, 0.1) is 5.92 Å². The molecule has 2 aliphatic rings. The third-order valence-corrected chi connectivity index (χ3v) is 7.91. The fourth-order valence-electron chi connectivity index (χ4n) is 5.80. The highest BCUT2D eigenvalue weighted by atomic mass is 19.4. The predicted molar refractivity (Wildman–Crippen MR) is 162 cm³/mol.